The van der Waals surface area contributed by atoms with Gasteiger partial charge in [-0.15, -0.1) is 12.4 Å². The number of nitrogens with zero attached hydrogens (tertiary/aromatic N) is 3. The fraction of sp³-hybridized carbons (Fsp3) is 0.615. The molecule has 1 amide bonds. The number of halogens is 1. The van der Waals surface area contributed by atoms with Gasteiger partial charge in [-0.1, -0.05) is 11.8 Å². The van der Waals surface area contributed by atoms with Crippen molar-refractivity contribution in [2.24, 2.45) is 0 Å². The van der Waals surface area contributed by atoms with Gasteiger partial charge in [0, 0.05) is 37.1 Å². The molecule has 2 heterocycles. The van der Waals surface area contributed by atoms with E-state index < -0.39 is 0 Å². The van der Waals surface area contributed by atoms with Crippen LogP contribution >= 0.6 is 24.2 Å². The molecule has 1 aliphatic heterocycles. The van der Waals surface area contributed by atoms with E-state index >= 15 is 0 Å². The number of amides is 1. The lowest BCUT2D eigenvalue weighted by atomic mass is 10.2. The standard InChI is InChI=1S/C13H20N4OS.ClH/c1-9-6-10(2)16-13(15-9)19-8-12(18)17-5-4-14-7-11(17)3;/h6,11,14H,4-5,7-8H2,1-3H3;1H. The molecular formula is C13H21ClN4OS. The van der Waals surface area contributed by atoms with E-state index in [1.54, 1.807) is 0 Å². The molecule has 5 nitrogen and oxygen atoms in total. The molecule has 1 aromatic rings. The van der Waals surface area contributed by atoms with Crippen molar-refractivity contribution in [2.45, 2.75) is 32.0 Å². The third-order valence-electron chi connectivity index (χ3n) is 3.11. The van der Waals surface area contributed by atoms with Gasteiger partial charge in [0.05, 0.1) is 5.75 Å². The fourth-order valence-corrected chi connectivity index (χ4v) is 3.01. The van der Waals surface area contributed by atoms with E-state index in [4.69, 9.17) is 0 Å². The number of aromatic nitrogens is 2. The molecule has 7 heteroatoms. The Kier molecular flexibility index (Phi) is 6.71. The number of hydrogen-bond donors (Lipinski definition) is 1. The highest BCUT2D eigenvalue weighted by Gasteiger charge is 2.22. The van der Waals surface area contributed by atoms with Crippen molar-refractivity contribution in [2.75, 3.05) is 25.4 Å². The monoisotopic (exact) mass is 316 g/mol. The molecule has 0 aromatic carbocycles. The van der Waals surface area contributed by atoms with Crippen molar-refractivity contribution in [3.63, 3.8) is 0 Å². The third-order valence-corrected chi connectivity index (χ3v) is 3.94. The summed E-state index contributed by atoms with van der Waals surface area (Å²) in [5.41, 5.74) is 1.89. The lowest BCUT2D eigenvalue weighted by molar-refractivity contribution is -0.131. The van der Waals surface area contributed by atoms with Crippen LogP contribution in [0.4, 0.5) is 0 Å². The molecule has 2 rings (SSSR count). The maximum Gasteiger partial charge on any atom is 0.233 e. The molecule has 1 atom stereocenters. The predicted octanol–water partition coefficient (Wildman–Crippen LogP) is 1.43. The second kappa shape index (κ2) is 7.81. The Morgan fingerprint density at radius 3 is 2.70 bits per heavy atom. The van der Waals surface area contributed by atoms with Crippen LogP contribution in [-0.4, -0.2) is 52.2 Å². The van der Waals surface area contributed by atoms with Gasteiger partial charge in [-0.3, -0.25) is 4.79 Å². The van der Waals surface area contributed by atoms with Gasteiger partial charge in [0.15, 0.2) is 5.16 Å². The van der Waals surface area contributed by atoms with Gasteiger partial charge in [-0.2, -0.15) is 0 Å². The van der Waals surface area contributed by atoms with E-state index in [-0.39, 0.29) is 24.4 Å². The van der Waals surface area contributed by atoms with Gasteiger partial charge in [0.1, 0.15) is 0 Å². The maximum absolute atomic E-state index is 12.2. The third kappa shape index (κ3) is 4.61. The highest BCUT2D eigenvalue weighted by Crippen LogP contribution is 2.16. The Hall–Kier alpha value is -0.850. The first-order valence-corrected chi connectivity index (χ1v) is 7.50. The Morgan fingerprint density at radius 1 is 1.45 bits per heavy atom. The summed E-state index contributed by atoms with van der Waals surface area (Å²) in [6, 6.07) is 2.20. The molecule has 1 saturated heterocycles. The molecule has 0 aliphatic carbocycles. The number of rotatable bonds is 3. The summed E-state index contributed by atoms with van der Waals surface area (Å²) >= 11 is 1.42. The fourth-order valence-electron chi connectivity index (χ4n) is 2.18. The van der Waals surface area contributed by atoms with Gasteiger partial charge < -0.3 is 10.2 Å². The lowest BCUT2D eigenvalue weighted by Gasteiger charge is -2.33. The van der Waals surface area contributed by atoms with Gasteiger partial charge in [-0.05, 0) is 26.8 Å². The first-order chi connectivity index (χ1) is 9.06. The molecule has 1 aliphatic rings. The van der Waals surface area contributed by atoms with E-state index in [9.17, 15) is 4.79 Å². The van der Waals surface area contributed by atoms with Crippen molar-refractivity contribution in [1.29, 1.82) is 0 Å². The molecule has 1 N–H and O–H groups in total. The van der Waals surface area contributed by atoms with Crippen LogP contribution in [0.5, 0.6) is 0 Å². The van der Waals surface area contributed by atoms with Crippen LogP contribution in [0.25, 0.3) is 0 Å². The molecule has 0 radical (unpaired) electrons. The van der Waals surface area contributed by atoms with E-state index in [1.807, 2.05) is 24.8 Å². The second-order valence-electron chi connectivity index (χ2n) is 4.86. The normalized spacial score (nSPS) is 18.6. The topological polar surface area (TPSA) is 58.1 Å². The minimum absolute atomic E-state index is 0. The quantitative estimate of drug-likeness (QED) is 0.675. The number of piperazine rings is 1. The number of thioether (sulfide) groups is 1. The summed E-state index contributed by atoms with van der Waals surface area (Å²) < 4.78 is 0. The van der Waals surface area contributed by atoms with Crippen molar-refractivity contribution < 1.29 is 4.79 Å². The van der Waals surface area contributed by atoms with Gasteiger partial charge >= 0.3 is 0 Å². The summed E-state index contributed by atoms with van der Waals surface area (Å²) in [6.07, 6.45) is 0. The zero-order chi connectivity index (χ0) is 13.8. The highest BCUT2D eigenvalue weighted by atomic mass is 35.5. The van der Waals surface area contributed by atoms with Crippen molar-refractivity contribution >= 4 is 30.1 Å². The lowest BCUT2D eigenvalue weighted by Crippen LogP contribution is -2.52. The largest absolute Gasteiger partial charge is 0.337 e. The van der Waals surface area contributed by atoms with Crippen LogP contribution in [0, 0.1) is 13.8 Å². The van der Waals surface area contributed by atoms with E-state index in [0.717, 1.165) is 31.0 Å². The average Bonchev–Trinajstić information content (AvgIpc) is 2.35. The minimum Gasteiger partial charge on any atom is -0.337 e. The van der Waals surface area contributed by atoms with Crippen LogP contribution in [0.15, 0.2) is 11.2 Å². The number of hydrogen-bond acceptors (Lipinski definition) is 5. The minimum atomic E-state index is 0. The van der Waals surface area contributed by atoms with E-state index in [2.05, 4.69) is 22.2 Å². The van der Waals surface area contributed by atoms with Crippen LogP contribution in [0.1, 0.15) is 18.3 Å². The highest BCUT2D eigenvalue weighted by molar-refractivity contribution is 7.99. The van der Waals surface area contributed by atoms with Crippen LogP contribution in [-0.2, 0) is 4.79 Å². The summed E-state index contributed by atoms with van der Waals surface area (Å²) in [6.45, 7) is 8.49. The first-order valence-electron chi connectivity index (χ1n) is 6.51. The summed E-state index contributed by atoms with van der Waals surface area (Å²) in [5, 5.41) is 3.97. The summed E-state index contributed by atoms with van der Waals surface area (Å²) in [4.78, 5) is 22.8. The molecule has 1 fully saturated rings. The van der Waals surface area contributed by atoms with Crippen molar-refractivity contribution in [1.82, 2.24) is 20.2 Å². The number of carbonyl (C=O) groups excluding carboxylic acids is 1. The zero-order valence-corrected chi connectivity index (χ0v) is 13.7. The second-order valence-corrected chi connectivity index (χ2v) is 5.80. The Labute approximate surface area is 130 Å². The SMILES string of the molecule is Cc1cc(C)nc(SCC(=O)N2CCNCC2C)n1.Cl. The van der Waals surface area contributed by atoms with Gasteiger partial charge in [0.2, 0.25) is 5.91 Å². The Balaban J connectivity index is 0.00000200. The van der Waals surface area contributed by atoms with Crippen LogP contribution in [0.2, 0.25) is 0 Å². The molecule has 112 valence electrons. The molecule has 20 heavy (non-hydrogen) atoms. The molecule has 1 aromatic heterocycles. The number of carbonyl (C=O) groups is 1. The number of aryl methyl sites for hydroxylation is 2. The smallest absolute Gasteiger partial charge is 0.233 e. The first kappa shape index (κ1) is 17.2. The van der Waals surface area contributed by atoms with Crippen LogP contribution in [0.3, 0.4) is 0 Å². The molecule has 0 bridgehead atoms. The van der Waals surface area contributed by atoms with E-state index in [0.29, 0.717) is 10.9 Å². The molecule has 0 spiro atoms. The van der Waals surface area contributed by atoms with Crippen molar-refractivity contribution in [3.05, 3.63) is 17.5 Å². The number of nitrogens with one attached hydrogen (secondary N) is 1. The van der Waals surface area contributed by atoms with E-state index in [1.165, 1.54) is 11.8 Å². The molecular weight excluding hydrogens is 296 g/mol. The Bertz CT molecular complexity index is 451. The van der Waals surface area contributed by atoms with Gasteiger partial charge in [-0.25, -0.2) is 9.97 Å². The van der Waals surface area contributed by atoms with Gasteiger partial charge in [0.25, 0.3) is 0 Å². The summed E-state index contributed by atoms with van der Waals surface area (Å²) in [7, 11) is 0. The summed E-state index contributed by atoms with van der Waals surface area (Å²) in [5.74, 6) is 0.578. The zero-order valence-electron chi connectivity index (χ0n) is 12.0. The molecule has 1 unspecified atom stereocenters. The average molecular weight is 317 g/mol. The predicted molar refractivity (Wildman–Crippen MR) is 83.5 cm³/mol. The maximum atomic E-state index is 12.2. The van der Waals surface area contributed by atoms with Crippen molar-refractivity contribution in [3.8, 4) is 0 Å². The van der Waals surface area contributed by atoms with Crippen LogP contribution < -0.4 is 5.32 Å². The molecule has 0 saturated carbocycles. The Morgan fingerprint density at radius 2 is 2.10 bits per heavy atom.